The second-order valence-corrected chi connectivity index (χ2v) is 6.64. The maximum atomic E-state index is 4.69. The molecule has 136 valence electrons. The number of nitrogens with zero attached hydrogens (tertiary/aromatic N) is 4. The van der Waals surface area contributed by atoms with E-state index < -0.39 is 0 Å². The molecular weight excluding hydrogens is 334 g/mol. The highest BCUT2D eigenvalue weighted by Gasteiger charge is 2.12. The maximum Gasteiger partial charge on any atom is 0.251 e. The summed E-state index contributed by atoms with van der Waals surface area (Å²) in [4.78, 5) is 9.15. The van der Waals surface area contributed by atoms with Crippen molar-refractivity contribution in [1.29, 1.82) is 0 Å². The molecule has 4 aromatic rings. The molecule has 5 nitrogen and oxygen atoms in total. The number of benzene rings is 2. The third kappa shape index (κ3) is 3.59. The minimum absolute atomic E-state index is 0.619. The summed E-state index contributed by atoms with van der Waals surface area (Å²) in [7, 11) is 0. The largest absolute Gasteiger partial charge is 0.311 e. The molecule has 2 aromatic heterocycles. The summed E-state index contributed by atoms with van der Waals surface area (Å²) in [6, 6.07) is 16.8. The van der Waals surface area contributed by atoms with Gasteiger partial charge in [0, 0.05) is 12.1 Å². The van der Waals surface area contributed by atoms with E-state index in [-0.39, 0.29) is 0 Å². The summed E-state index contributed by atoms with van der Waals surface area (Å²) in [6.45, 7) is 5.98. The fourth-order valence-electron chi connectivity index (χ4n) is 3.27. The highest BCUT2D eigenvalue weighted by atomic mass is 15.3. The van der Waals surface area contributed by atoms with Crippen molar-refractivity contribution in [1.82, 2.24) is 24.9 Å². The first-order valence-corrected chi connectivity index (χ1v) is 9.33. The lowest BCUT2D eigenvalue weighted by Gasteiger charge is -2.09. The van der Waals surface area contributed by atoms with E-state index >= 15 is 0 Å². The van der Waals surface area contributed by atoms with Gasteiger partial charge in [-0.2, -0.15) is 5.10 Å². The summed E-state index contributed by atoms with van der Waals surface area (Å²) >= 11 is 0. The Morgan fingerprint density at radius 1 is 1.00 bits per heavy atom. The van der Waals surface area contributed by atoms with Gasteiger partial charge in [0.25, 0.3) is 5.78 Å². The zero-order chi connectivity index (χ0) is 18.6. The standard InChI is InChI=1S/C22H23N5/c1-3-12-23-13-18-14-24-22-25-21(15-27(22)26-18)20-11-7-10-19(16(20)2)17-8-5-4-6-9-17/h4-11,14-15,23H,3,12-13H2,1-2H3. The van der Waals surface area contributed by atoms with Gasteiger partial charge in [-0.15, -0.1) is 0 Å². The number of nitrogens with one attached hydrogen (secondary N) is 1. The summed E-state index contributed by atoms with van der Waals surface area (Å²) in [5, 5.41) is 7.99. The van der Waals surface area contributed by atoms with Crippen LogP contribution in [0.2, 0.25) is 0 Å². The van der Waals surface area contributed by atoms with Crippen molar-refractivity contribution in [3.05, 3.63) is 72.2 Å². The molecule has 0 unspecified atom stereocenters. The normalized spacial score (nSPS) is 11.2. The van der Waals surface area contributed by atoms with Crippen LogP contribution in [-0.4, -0.2) is 26.1 Å². The van der Waals surface area contributed by atoms with Crippen LogP contribution < -0.4 is 5.32 Å². The highest BCUT2D eigenvalue weighted by Crippen LogP contribution is 2.31. The van der Waals surface area contributed by atoms with Crippen LogP contribution in [0, 0.1) is 6.92 Å². The second-order valence-electron chi connectivity index (χ2n) is 6.64. The van der Waals surface area contributed by atoms with Crippen molar-refractivity contribution in [2.24, 2.45) is 0 Å². The fraction of sp³-hybridized carbons (Fsp3) is 0.227. The SMILES string of the molecule is CCCNCc1cnc2nc(-c3cccc(-c4ccccc4)c3C)cn2n1. The van der Waals surface area contributed by atoms with Crippen molar-refractivity contribution >= 4 is 5.78 Å². The Morgan fingerprint density at radius 2 is 1.81 bits per heavy atom. The first-order valence-electron chi connectivity index (χ1n) is 9.33. The van der Waals surface area contributed by atoms with Crippen molar-refractivity contribution in [3.63, 3.8) is 0 Å². The zero-order valence-electron chi connectivity index (χ0n) is 15.7. The number of aromatic nitrogens is 4. The molecule has 5 heteroatoms. The minimum atomic E-state index is 0.619. The van der Waals surface area contributed by atoms with Gasteiger partial charge >= 0.3 is 0 Å². The number of hydrogen-bond donors (Lipinski definition) is 1. The third-order valence-corrected chi connectivity index (χ3v) is 4.66. The molecule has 0 aliphatic carbocycles. The summed E-state index contributed by atoms with van der Waals surface area (Å²) < 4.78 is 1.77. The Hall–Kier alpha value is -3.05. The van der Waals surface area contributed by atoms with E-state index in [1.54, 1.807) is 10.7 Å². The van der Waals surface area contributed by atoms with Crippen molar-refractivity contribution in [2.45, 2.75) is 26.8 Å². The third-order valence-electron chi connectivity index (χ3n) is 4.66. The molecule has 0 bridgehead atoms. The quantitative estimate of drug-likeness (QED) is 0.524. The average Bonchev–Trinajstić information content (AvgIpc) is 3.12. The molecule has 0 saturated heterocycles. The van der Waals surface area contributed by atoms with E-state index in [0.717, 1.165) is 29.9 Å². The molecule has 0 radical (unpaired) electrons. The van der Waals surface area contributed by atoms with Gasteiger partial charge in [0.1, 0.15) is 0 Å². The molecule has 2 heterocycles. The molecule has 1 N–H and O–H groups in total. The molecule has 0 fully saturated rings. The van der Waals surface area contributed by atoms with Crippen LogP contribution in [0.5, 0.6) is 0 Å². The van der Waals surface area contributed by atoms with Gasteiger partial charge in [-0.3, -0.25) is 0 Å². The van der Waals surface area contributed by atoms with Crippen LogP contribution in [0.1, 0.15) is 24.6 Å². The van der Waals surface area contributed by atoms with E-state index in [2.05, 4.69) is 76.7 Å². The lowest BCUT2D eigenvalue weighted by Crippen LogP contribution is -2.16. The van der Waals surface area contributed by atoms with Crippen molar-refractivity contribution in [3.8, 4) is 22.4 Å². The van der Waals surface area contributed by atoms with Crippen LogP contribution >= 0.6 is 0 Å². The second kappa shape index (κ2) is 7.68. The molecule has 0 aliphatic heterocycles. The molecule has 0 spiro atoms. The number of fused-ring (bicyclic) bond motifs is 1. The molecule has 0 aliphatic rings. The molecule has 0 saturated carbocycles. The minimum Gasteiger partial charge on any atom is -0.311 e. The smallest absolute Gasteiger partial charge is 0.251 e. The van der Waals surface area contributed by atoms with Crippen LogP contribution in [0.3, 0.4) is 0 Å². The van der Waals surface area contributed by atoms with E-state index in [9.17, 15) is 0 Å². The van der Waals surface area contributed by atoms with Crippen molar-refractivity contribution in [2.75, 3.05) is 6.54 Å². The van der Waals surface area contributed by atoms with Gasteiger partial charge in [-0.25, -0.2) is 14.5 Å². The van der Waals surface area contributed by atoms with Crippen molar-refractivity contribution < 1.29 is 0 Å². The van der Waals surface area contributed by atoms with Crippen LogP contribution in [0.15, 0.2) is 60.9 Å². The lowest BCUT2D eigenvalue weighted by molar-refractivity contribution is 0.648. The topological polar surface area (TPSA) is 55.1 Å². The molecule has 27 heavy (non-hydrogen) atoms. The summed E-state index contributed by atoms with van der Waals surface area (Å²) in [6.07, 6.45) is 4.85. The average molecular weight is 357 g/mol. The summed E-state index contributed by atoms with van der Waals surface area (Å²) in [5.74, 6) is 0.619. The molecule has 2 aromatic carbocycles. The van der Waals surface area contributed by atoms with Crippen LogP contribution in [0.4, 0.5) is 0 Å². The Bertz CT molecular complexity index is 1050. The number of hydrogen-bond acceptors (Lipinski definition) is 4. The van der Waals surface area contributed by atoms with Gasteiger partial charge in [0.05, 0.1) is 23.8 Å². The molecule has 4 rings (SSSR count). The monoisotopic (exact) mass is 357 g/mol. The van der Waals surface area contributed by atoms with Gasteiger partial charge in [-0.1, -0.05) is 55.5 Å². The van der Waals surface area contributed by atoms with E-state index in [1.165, 1.54) is 16.7 Å². The Kier molecular flexibility index (Phi) is 4.94. The fourth-order valence-corrected chi connectivity index (χ4v) is 3.27. The highest BCUT2D eigenvalue weighted by molar-refractivity contribution is 5.77. The summed E-state index contributed by atoms with van der Waals surface area (Å²) in [5.41, 5.74) is 6.54. The van der Waals surface area contributed by atoms with Gasteiger partial charge in [0.2, 0.25) is 0 Å². The molecule has 0 amide bonds. The predicted octanol–water partition coefficient (Wildman–Crippen LogP) is 4.27. The van der Waals surface area contributed by atoms with Crippen LogP contribution in [0.25, 0.3) is 28.2 Å². The van der Waals surface area contributed by atoms with Crippen LogP contribution in [-0.2, 0) is 6.54 Å². The number of rotatable bonds is 6. The lowest BCUT2D eigenvalue weighted by atomic mass is 9.95. The van der Waals surface area contributed by atoms with E-state index in [1.807, 2.05) is 12.3 Å². The Labute approximate surface area is 159 Å². The Balaban J connectivity index is 1.70. The molecular formula is C22H23N5. The van der Waals surface area contributed by atoms with Gasteiger partial charge in [0.15, 0.2) is 0 Å². The predicted molar refractivity (Wildman–Crippen MR) is 108 cm³/mol. The van der Waals surface area contributed by atoms with E-state index in [4.69, 9.17) is 0 Å². The first-order chi connectivity index (χ1) is 13.3. The van der Waals surface area contributed by atoms with E-state index in [0.29, 0.717) is 12.3 Å². The zero-order valence-corrected chi connectivity index (χ0v) is 15.7. The maximum absolute atomic E-state index is 4.69. The molecule has 0 atom stereocenters. The van der Waals surface area contributed by atoms with Gasteiger partial charge in [-0.05, 0) is 36.6 Å². The van der Waals surface area contributed by atoms with Gasteiger partial charge < -0.3 is 5.32 Å². The first kappa shape index (κ1) is 17.4. The Morgan fingerprint density at radius 3 is 2.63 bits per heavy atom. The number of imidazole rings is 1.